The summed E-state index contributed by atoms with van der Waals surface area (Å²) < 4.78 is 0. The molecule has 0 aromatic carbocycles. The van der Waals surface area contributed by atoms with Crippen LogP contribution in [0.3, 0.4) is 0 Å². The Labute approximate surface area is 118 Å². The maximum atomic E-state index is 10.4. The molecular formula is C16H19NOS. The van der Waals surface area contributed by atoms with Crippen LogP contribution >= 0.6 is 11.3 Å². The Balaban J connectivity index is 1.75. The smallest absolute Gasteiger partial charge is 0.0922 e. The molecule has 1 unspecified atom stereocenters. The van der Waals surface area contributed by atoms with E-state index in [0.717, 1.165) is 10.4 Å². The molecule has 1 aliphatic rings. The minimum Gasteiger partial charge on any atom is -0.387 e. The van der Waals surface area contributed by atoms with Gasteiger partial charge in [0.05, 0.1) is 6.10 Å². The molecule has 3 heteroatoms. The van der Waals surface area contributed by atoms with Crippen molar-refractivity contribution in [3.8, 4) is 0 Å². The van der Waals surface area contributed by atoms with E-state index in [0.29, 0.717) is 6.42 Å². The molecule has 2 heterocycles. The van der Waals surface area contributed by atoms with Crippen LogP contribution in [-0.4, -0.2) is 10.1 Å². The fourth-order valence-electron chi connectivity index (χ4n) is 2.70. The minimum absolute atomic E-state index is 0.376. The summed E-state index contributed by atoms with van der Waals surface area (Å²) in [6.45, 7) is 0. The van der Waals surface area contributed by atoms with E-state index in [9.17, 15) is 5.11 Å². The predicted octanol–water partition coefficient (Wildman–Crippen LogP) is 3.69. The van der Waals surface area contributed by atoms with E-state index in [-0.39, 0.29) is 6.10 Å². The van der Waals surface area contributed by atoms with E-state index in [4.69, 9.17) is 0 Å². The first-order valence-corrected chi connectivity index (χ1v) is 7.83. The molecule has 0 saturated carbocycles. The van der Waals surface area contributed by atoms with Crippen LogP contribution in [0.1, 0.15) is 46.2 Å². The third-order valence-corrected chi connectivity index (χ3v) is 5.11. The number of aliphatic hydroxyl groups excluding tert-OH is 1. The standard InChI is InChI=1S/C16H19NOS/c18-14(10-12-6-8-17-9-7-12)16-11-13-4-2-1-3-5-15(13)19-16/h6-9,11,14,18H,1-5,10H2. The summed E-state index contributed by atoms with van der Waals surface area (Å²) in [6.07, 6.45) is 10.2. The molecule has 0 aliphatic heterocycles. The Bertz CT molecular complexity index is 511. The Morgan fingerprint density at radius 3 is 2.79 bits per heavy atom. The fraction of sp³-hybridized carbons (Fsp3) is 0.438. The molecule has 0 radical (unpaired) electrons. The van der Waals surface area contributed by atoms with Gasteiger partial charge in [-0.1, -0.05) is 6.42 Å². The van der Waals surface area contributed by atoms with Crippen LogP contribution in [0.15, 0.2) is 30.6 Å². The number of hydrogen-bond donors (Lipinski definition) is 1. The van der Waals surface area contributed by atoms with Crippen molar-refractivity contribution in [2.45, 2.75) is 44.6 Å². The van der Waals surface area contributed by atoms with E-state index < -0.39 is 0 Å². The zero-order valence-corrected chi connectivity index (χ0v) is 11.8. The fourth-order valence-corrected chi connectivity index (χ4v) is 3.94. The topological polar surface area (TPSA) is 33.1 Å². The number of pyridine rings is 1. The van der Waals surface area contributed by atoms with Gasteiger partial charge in [0.1, 0.15) is 0 Å². The second kappa shape index (κ2) is 5.85. The highest BCUT2D eigenvalue weighted by Crippen LogP contribution is 2.33. The van der Waals surface area contributed by atoms with Crippen LogP contribution in [0.4, 0.5) is 0 Å². The van der Waals surface area contributed by atoms with Gasteiger partial charge in [0.25, 0.3) is 0 Å². The second-order valence-corrected chi connectivity index (χ2v) is 6.40. The Kier molecular flexibility index (Phi) is 3.95. The van der Waals surface area contributed by atoms with Crippen LogP contribution in [0.25, 0.3) is 0 Å². The van der Waals surface area contributed by atoms with E-state index in [1.54, 1.807) is 12.4 Å². The zero-order valence-electron chi connectivity index (χ0n) is 11.0. The average molecular weight is 273 g/mol. The van der Waals surface area contributed by atoms with Gasteiger partial charge >= 0.3 is 0 Å². The monoisotopic (exact) mass is 273 g/mol. The summed E-state index contributed by atoms with van der Waals surface area (Å²) in [5, 5.41) is 10.4. The number of aromatic nitrogens is 1. The lowest BCUT2D eigenvalue weighted by Crippen LogP contribution is -1.99. The van der Waals surface area contributed by atoms with Crippen molar-refractivity contribution in [3.63, 3.8) is 0 Å². The van der Waals surface area contributed by atoms with Crippen LogP contribution < -0.4 is 0 Å². The predicted molar refractivity (Wildman–Crippen MR) is 78.5 cm³/mol. The molecular weight excluding hydrogens is 254 g/mol. The number of hydrogen-bond acceptors (Lipinski definition) is 3. The molecule has 1 atom stereocenters. The molecule has 0 bridgehead atoms. The van der Waals surface area contributed by atoms with Crippen molar-refractivity contribution in [2.75, 3.05) is 0 Å². The van der Waals surface area contributed by atoms with Gasteiger partial charge in [0.2, 0.25) is 0 Å². The number of aliphatic hydroxyl groups is 1. The molecule has 1 N–H and O–H groups in total. The van der Waals surface area contributed by atoms with Crippen LogP contribution in [0, 0.1) is 0 Å². The molecule has 2 aromatic heterocycles. The lowest BCUT2D eigenvalue weighted by molar-refractivity contribution is 0.182. The van der Waals surface area contributed by atoms with Gasteiger partial charge < -0.3 is 5.11 Å². The normalized spacial score (nSPS) is 16.7. The van der Waals surface area contributed by atoms with E-state index in [1.165, 1.54) is 42.5 Å². The van der Waals surface area contributed by atoms with Crippen molar-refractivity contribution in [1.82, 2.24) is 4.98 Å². The first kappa shape index (κ1) is 12.8. The largest absolute Gasteiger partial charge is 0.387 e. The summed E-state index contributed by atoms with van der Waals surface area (Å²) >= 11 is 1.81. The summed E-state index contributed by atoms with van der Waals surface area (Å²) in [5.74, 6) is 0. The zero-order chi connectivity index (χ0) is 13.1. The molecule has 19 heavy (non-hydrogen) atoms. The minimum atomic E-state index is -0.376. The summed E-state index contributed by atoms with van der Waals surface area (Å²) in [6, 6.07) is 6.18. The quantitative estimate of drug-likeness (QED) is 0.865. The number of nitrogens with zero attached hydrogens (tertiary/aromatic N) is 1. The van der Waals surface area contributed by atoms with Crippen molar-refractivity contribution < 1.29 is 5.11 Å². The van der Waals surface area contributed by atoms with Crippen LogP contribution in [-0.2, 0) is 19.3 Å². The third-order valence-electron chi connectivity index (χ3n) is 3.77. The SMILES string of the molecule is OC(Cc1ccncc1)c1cc2c(s1)CCCCC2. The highest BCUT2D eigenvalue weighted by atomic mass is 32.1. The Morgan fingerprint density at radius 2 is 1.95 bits per heavy atom. The third kappa shape index (κ3) is 3.04. The molecule has 0 spiro atoms. The lowest BCUT2D eigenvalue weighted by Gasteiger charge is -2.08. The van der Waals surface area contributed by atoms with Gasteiger partial charge in [-0.05, 0) is 55.0 Å². The highest BCUT2D eigenvalue weighted by molar-refractivity contribution is 7.12. The van der Waals surface area contributed by atoms with Crippen molar-refractivity contribution in [3.05, 3.63) is 51.5 Å². The van der Waals surface area contributed by atoms with Gasteiger partial charge in [0.15, 0.2) is 0 Å². The molecule has 0 amide bonds. The molecule has 2 nitrogen and oxygen atoms in total. The van der Waals surface area contributed by atoms with Crippen LogP contribution in [0.5, 0.6) is 0 Å². The summed E-state index contributed by atoms with van der Waals surface area (Å²) in [7, 11) is 0. The van der Waals surface area contributed by atoms with Crippen molar-refractivity contribution in [2.24, 2.45) is 0 Å². The number of fused-ring (bicyclic) bond motifs is 1. The van der Waals surface area contributed by atoms with Crippen LogP contribution in [0.2, 0.25) is 0 Å². The van der Waals surface area contributed by atoms with Gasteiger partial charge in [-0.3, -0.25) is 4.98 Å². The summed E-state index contributed by atoms with van der Waals surface area (Å²) in [5.41, 5.74) is 2.62. The van der Waals surface area contributed by atoms with E-state index in [2.05, 4.69) is 11.1 Å². The van der Waals surface area contributed by atoms with Crippen molar-refractivity contribution >= 4 is 11.3 Å². The first-order chi connectivity index (χ1) is 9.33. The second-order valence-electron chi connectivity index (χ2n) is 5.23. The van der Waals surface area contributed by atoms with Gasteiger partial charge in [-0.15, -0.1) is 11.3 Å². The molecule has 1 aliphatic carbocycles. The maximum absolute atomic E-state index is 10.4. The molecule has 2 aromatic rings. The van der Waals surface area contributed by atoms with E-state index in [1.807, 2.05) is 23.5 Å². The van der Waals surface area contributed by atoms with Gasteiger partial charge in [-0.2, -0.15) is 0 Å². The molecule has 3 rings (SSSR count). The molecule has 100 valence electrons. The Hall–Kier alpha value is -1.19. The lowest BCUT2D eigenvalue weighted by atomic mass is 10.1. The number of rotatable bonds is 3. The van der Waals surface area contributed by atoms with Gasteiger partial charge in [0, 0.05) is 28.6 Å². The maximum Gasteiger partial charge on any atom is 0.0922 e. The summed E-state index contributed by atoms with van der Waals surface area (Å²) in [4.78, 5) is 6.64. The highest BCUT2D eigenvalue weighted by Gasteiger charge is 2.17. The number of thiophene rings is 1. The van der Waals surface area contributed by atoms with E-state index >= 15 is 0 Å². The van der Waals surface area contributed by atoms with Crippen molar-refractivity contribution in [1.29, 1.82) is 0 Å². The van der Waals surface area contributed by atoms with Gasteiger partial charge in [-0.25, -0.2) is 0 Å². The number of aryl methyl sites for hydroxylation is 2. The molecule has 0 fully saturated rings. The first-order valence-electron chi connectivity index (χ1n) is 7.01. The Morgan fingerprint density at radius 1 is 1.16 bits per heavy atom. The molecule has 0 saturated heterocycles. The average Bonchev–Trinajstić information content (AvgIpc) is 2.72.